The highest BCUT2D eigenvalue weighted by Crippen LogP contribution is 2.05. The molecule has 2 N–H and O–H groups in total. The Labute approximate surface area is 70.2 Å². The van der Waals surface area contributed by atoms with Crippen LogP contribution in [0, 0.1) is 0 Å². The summed E-state index contributed by atoms with van der Waals surface area (Å²) in [5.74, 6) is -0.495. The van der Waals surface area contributed by atoms with Gasteiger partial charge in [-0.05, 0) is 11.6 Å². The van der Waals surface area contributed by atoms with Gasteiger partial charge < -0.3 is 5.73 Å². The third-order valence-electron chi connectivity index (χ3n) is 1.61. The van der Waals surface area contributed by atoms with Crippen LogP contribution in [0.3, 0.4) is 0 Å². The zero-order valence-electron chi connectivity index (χ0n) is 6.59. The zero-order valence-corrected chi connectivity index (χ0v) is 6.59. The Kier molecular flexibility index (Phi) is 2.94. The Morgan fingerprint density at radius 3 is 2.83 bits per heavy atom. The molecule has 0 saturated carbocycles. The van der Waals surface area contributed by atoms with Crippen LogP contribution in [0.15, 0.2) is 24.3 Å². The molecule has 0 saturated heterocycles. The molecule has 1 aromatic rings. The molecule has 0 bridgehead atoms. The molecule has 0 heterocycles. The van der Waals surface area contributed by atoms with Crippen LogP contribution in [-0.2, 0) is 6.54 Å². The summed E-state index contributed by atoms with van der Waals surface area (Å²) in [6.45, 7) is -0.582. The summed E-state index contributed by atoms with van der Waals surface area (Å²) in [5, 5.41) is 0. The molecule has 0 aliphatic rings. The molecule has 3 heteroatoms. The molecule has 0 unspecified atom stereocenters. The highest BCUT2D eigenvalue weighted by Gasteiger charge is 2.04. The number of carbonyl (C=O) groups excluding carboxylic acids is 1. The van der Waals surface area contributed by atoms with E-state index in [9.17, 15) is 9.18 Å². The molecule has 0 aromatic heterocycles. The van der Waals surface area contributed by atoms with Gasteiger partial charge in [0.05, 0.1) is 0 Å². The SMILES string of the molecule is NCc1cccc(C(=O)CF)c1. The Bertz CT molecular complexity index is 286. The minimum Gasteiger partial charge on any atom is -0.326 e. The summed E-state index contributed by atoms with van der Waals surface area (Å²) in [5.41, 5.74) is 6.59. The van der Waals surface area contributed by atoms with E-state index >= 15 is 0 Å². The van der Waals surface area contributed by atoms with Crippen molar-refractivity contribution in [3.63, 3.8) is 0 Å². The van der Waals surface area contributed by atoms with Gasteiger partial charge in [0.2, 0.25) is 0 Å². The van der Waals surface area contributed by atoms with Crippen molar-refractivity contribution in [2.45, 2.75) is 6.54 Å². The summed E-state index contributed by atoms with van der Waals surface area (Å²) in [7, 11) is 0. The largest absolute Gasteiger partial charge is 0.326 e. The number of hydrogen-bond acceptors (Lipinski definition) is 2. The minimum absolute atomic E-state index is 0.368. The number of nitrogens with two attached hydrogens (primary N) is 1. The molecule has 12 heavy (non-hydrogen) atoms. The van der Waals surface area contributed by atoms with Crippen LogP contribution in [0.1, 0.15) is 15.9 Å². The van der Waals surface area contributed by atoms with Crippen molar-refractivity contribution in [1.82, 2.24) is 0 Å². The van der Waals surface area contributed by atoms with E-state index in [4.69, 9.17) is 5.73 Å². The van der Waals surface area contributed by atoms with E-state index in [1.165, 1.54) is 0 Å². The van der Waals surface area contributed by atoms with E-state index in [2.05, 4.69) is 0 Å². The average Bonchev–Trinajstić information content (AvgIpc) is 2.17. The number of Topliss-reactive ketones (excluding diaryl/α,β-unsaturated/α-hetero) is 1. The van der Waals surface area contributed by atoms with Gasteiger partial charge in [0.25, 0.3) is 0 Å². The van der Waals surface area contributed by atoms with Gasteiger partial charge in [-0.15, -0.1) is 0 Å². The zero-order chi connectivity index (χ0) is 8.97. The average molecular weight is 167 g/mol. The lowest BCUT2D eigenvalue weighted by molar-refractivity contribution is 0.0958. The number of hydrogen-bond donors (Lipinski definition) is 1. The number of ketones is 1. The summed E-state index contributed by atoms with van der Waals surface area (Å²) >= 11 is 0. The van der Waals surface area contributed by atoms with Crippen LogP contribution in [0.4, 0.5) is 4.39 Å². The third-order valence-corrected chi connectivity index (χ3v) is 1.61. The smallest absolute Gasteiger partial charge is 0.193 e. The molecular formula is C9H10FNO. The fourth-order valence-electron chi connectivity index (χ4n) is 0.949. The van der Waals surface area contributed by atoms with Crippen molar-refractivity contribution >= 4 is 5.78 Å². The topological polar surface area (TPSA) is 43.1 Å². The lowest BCUT2D eigenvalue weighted by Crippen LogP contribution is -2.03. The molecule has 2 nitrogen and oxygen atoms in total. The quantitative estimate of drug-likeness (QED) is 0.689. The maximum absolute atomic E-state index is 11.9. The Morgan fingerprint density at radius 2 is 2.25 bits per heavy atom. The van der Waals surface area contributed by atoms with Crippen molar-refractivity contribution in [2.24, 2.45) is 5.73 Å². The molecule has 0 radical (unpaired) electrons. The van der Waals surface area contributed by atoms with Gasteiger partial charge in [0.1, 0.15) is 0 Å². The molecule has 1 rings (SSSR count). The van der Waals surface area contributed by atoms with Gasteiger partial charge in [0, 0.05) is 12.1 Å². The standard InChI is InChI=1S/C9H10FNO/c10-5-9(12)8-3-1-2-7(4-8)6-11/h1-4H,5-6,11H2. The highest BCUT2D eigenvalue weighted by atomic mass is 19.1. The van der Waals surface area contributed by atoms with E-state index in [-0.39, 0.29) is 0 Å². The summed E-state index contributed by atoms with van der Waals surface area (Å²) in [6, 6.07) is 6.70. The van der Waals surface area contributed by atoms with E-state index in [1.807, 2.05) is 0 Å². The maximum atomic E-state index is 11.9. The summed E-state index contributed by atoms with van der Waals surface area (Å²) in [4.78, 5) is 10.9. The normalized spacial score (nSPS) is 9.83. The molecule has 0 fully saturated rings. The second kappa shape index (κ2) is 3.97. The monoisotopic (exact) mass is 167 g/mol. The van der Waals surface area contributed by atoms with Crippen molar-refractivity contribution < 1.29 is 9.18 Å². The summed E-state index contributed by atoms with van der Waals surface area (Å²) < 4.78 is 11.9. The van der Waals surface area contributed by atoms with E-state index in [0.717, 1.165) is 5.56 Å². The number of halogens is 1. The second-order valence-electron chi connectivity index (χ2n) is 2.46. The van der Waals surface area contributed by atoms with Crippen LogP contribution in [-0.4, -0.2) is 12.5 Å². The van der Waals surface area contributed by atoms with E-state index < -0.39 is 12.5 Å². The molecule has 0 spiro atoms. The maximum Gasteiger partial charge on any atom is 0.193 e. The molecular weight excluding hydrogens is 157 g/mol. The molecule has 0 atom stereocenters. The van der Waals surface area contributed by atoms with Gasteiger partial charge >= 0.3 is 0 Å². The first-order valence-electron chi connectivity index (χ1n) is 3.66. The van der Waals surface area contributed by atoms with Crippen molar-refractivity contribution in [1.29, 1.82) is 0 Å². The van der Waals surface area contributed by atoms with Gasteiger partial charge in [-0.1, -0.05) is 18.2 Å². The van der Waals surface area contributed by atoms with Crippen LogP contribution in [0.25, 0.3) is 0 Å². The highest BCUT2D eigenvalue weighted by molar-refractivity contribution is 5.97. The minimum atomic E-state index is -0.950. The van der Waals surface area contributed by atoms with Crippen molar-refractivity contribution in [3.05, 3.63) is 35.4 Å². The molecule has 0 aliphatic heterocycles. The lowest BCUT2D eigenvalue weighted by Gasteiger charge is -1.99. The first-order valence-corrected chi connectivity index (χ1v) is 3.66. The Morgan fingerprint density at radius 1 is 1.50 bits per heavy atom. The predicted octanol–water partition coefficient (Wildman–Crippen LogP) is 1.30. The fraction of sp³-hybridized carbons (Fsp3) is 0.222. The first-order chi connectivity index (χ1) is 5.77. The van der Waals surface area contributed by atoms with Crippen LogP contribution < -0.4 is 5.73 Å². The van der Waals surface area contributed by atoms with Crippen LogP contribution >= 0.6 is 0 Å². The second-order valence-corrected chi connectivity index (χ2v) is 2.46. The number of benzene rings is 1. The number of alkyl halides is 1. The van der Waals surface area contributed by atoms with Crippen molar-refractivity contribution in [2.75, 3.05) is 6.67 Å². The Hall–Kier alpha value is -1.22. The number of rotatable bonds is 3. The van der Waals surface area contributed by atoms with Crippen LogP contribution in [0.5, 0.6) is 0 Å². The lowest BCUT2D eigenvalue weighted by atomic mass is 10.1. The summed E-state index contributed by atoms with van der Waals surface area (Å²) in [6.07, 6.45) is 0. The van der Waals surface area contributed by atoms with Crippen molar-refractivity contribution in [3.8, 4) is 0 Å². The van der Waals surface area contributed by atoms with E-state index in [1.54, 1.807) is 24.3 Å². The molecule has 0 aliphatic carbocycles. The van der Waals surface area contributed by atoms with Gasteiger partial charge in [-0.3, -0.25) is 4.79 Å². The van der Waals surface area contributed by atoms with Crippen LogP contribution in [0.2, 0.25) is 0 Å². The van der Waals surface area contributed by atoms with Gasteiger partial charge in [-0.25, -0.2) is 4.39 Å². The van der Waals surface area contributed by atoms with Gasteiger partial charge in [0.15, 0.2) is 12.5 Å². The molecule has 1 aromatic carbocycles. The number of carbonyl (C=O) groups is 1. The molecule has 0 amide bonds. The van der Waals surface area contributed by atoms with Gasteiger partial charge in [-0.2, -0.15) is 0 Å². The molecule has 64 valence electrons. The Balaban J connectivity index is 2.93. The predicted molar refractivity (Wildman–Crippen MR) is 44.6 cm³/mol. The fourth-order valence-corrected chi connectivity index (χ4v) is 0.949. The van der Waals surface area contributed by atoms with E-state index in [0.29, 0.717) is 12.1 Å². The first kappa shape index (κ1) is 8.87. The third kappa shape index (κ3) is 1.89.